The normalized spacial score (nSPS) is 13.3. The molecule has 1 aliphatic heterocycles. The Morgan fingerprint density at radius 1 is 0.909 bits per heavy atom. The molecule has 0 saturated heterocycles. The van der Waals surface area contributed by atoms with Gasteiger partial charge in [-0.25, -0.2) is 0 Å². The Kier molecular flexibility index (Phi) is 4.01. The number of hydrogen-bond donors (Lipinski definition) is 1. The van der Waals surface area contributed by atoms with Crippen molar-refractivity contribution in [2.45, 2.75) is 6.42 Å². The Balaban J connectivity index is 1.61. The van der Waals surface area contributed by atoms with Crippen LogP contribution in [0.1, 0.15) is 26.3 Å². The highest BCUT2D eigenvalue weighted by Gasteiger charge is 2.29. The third-order valence-electron chi connectivity index (χ3n) is 3.42. The van der Waals surface area contributed by atoms with Crippen molar-refractivity contribution in [1.82, 2.24) is 5.32 Å². The van der Waals surface area contributed by atoms with E-state index in [1.807, 2.05) is 30.4 Å². The Morgan fingerprint density at radius 2 is 1.73 bits per heavy atom. The van der Waals surface area contributed by atoms with Gasteiger partial charge in [0.05, 0.1) is 11.1 Å². The fraction of sp³-hybridized carbons (Fsp3) is 0.111. The van der Waals surface area contributed by atoms with Crippen LogP contribution in [0.5, 0.6) is 5.75 Å². The van der Waals surface area contributed by atoms with Gasteiger partial charge in [-0.3, -0.25) is 14.9 Å². The zero-order chi connectivity index (χ0) is 15.4. The molecule has 0 atom stereocenters. The summed E-state index contributed by atoms with van der Waals surface area (Å²) in [5.74, 6) is -0.334. The van der Waals surface area contributed by atoms with Gasteiger partial charge in [0.1, 0.15) is 12.4 Å². The largest absolute Gasteiger partial charge is 0.489 e. The van der Waals surface area contributed by atoms with Crippen molar-refractivity contribution in [1.29, 1.82) is 0 Å². The fourth-order valence-corrected chi connectivity index (χ4v) is 2.35. The first-order valence-corrected chi connectivity index (χ1v) is 7.06. The van der Waals surface area contributed by atoms with E-state index < -0.39 is 5.91 Å². The average molecular weight is 293 g/mol. The molecule has 22 heavy (non-hydrogen) atoms. The topological polar surface area (TPSA) is 55.4 Å². The highest BCUT2D eigenvalue weighted by Crippen LogP contribution is 2.26. The van der Waals surface area contributed by atoms with E-state index in [0.717, 1.165) is 6.42 Å². The molecule has 1 aliphatic rings. The first-order valence-electron chi connectivity index (χ1n) is 7.06. The van der Waals surface area contributed by atoms with E-state index in [-0.39, 0.29) is 5.91 Å². The molecule has 3 rings (SSSR count). The van der Waals surface area contributed by atoms with E-state index in [0.29, 0.717) is 23.5 Å². The first kappa shape index (κ1) is 14.1. The van der Waals surface area contributed by atoms with Gasteiger partial charge in [0, 0.05) is 0 Å². The van der Waals surface area contributed by atoms with Gasteiger partial charge in [-0.2, -0.15) is 0 Å². The van der Waals surface area contributed by atoms with Crippen LogP contribution >= 0.6 is 0 Å². The summed E-state index contributed by atoms with van der Waals surface area (Å²) in [5, 5.41) is 2.27. The van der Waals surface area contributed by atoms with Crippen molar-refractivity contribution in [3.05, 3.63) is 77.4 Å². The molecule has 2 amide bonds. The van der Waals surface area contributed by atoms with Gasteiger partial charge < -0.3 is 4.74 Å². The highest BCUT2D eigenvalue weighted by atomic mass is 16.5. The van der Waals surface area contributed by atoms with Crippen LogP contribution in [-0.4, -0.2) is 18.4 Å². The minimum atomic E-state index is -0.399. The van der Waals surface area contributed by atoms with Crippen LogP contribution < -0.4 is 10.1 Å². The van der Waals surface area contributed by atoms with Crippen molar-refractivity contribution in [3.63, 3.8) is 0 Å². The summed E-state index contributed by atoms with van der Waals surface area (Å²) in [6, 6.07) is 15.1. The maximum atomic E-state index is 11.7. The van der Waals surface area contributed by atoms with Crippen LogP contribution in [0.2, 0.25) is 0 Å². The highest BCUT2D eigenvalue weighted by molar-refractivity contribution is 6.22. The minimum Gasteiger partial charge on any atom is -0.489 e. The molecule has 1 heterocycles. The van der Waals surface area contributed by atoms with Crippen LogP contribution in [0.15, 0.2) is 60.7 Å². The van der Waals surface area contributed by atoms with Crippen LogP contribution in [0, 0.1) is 0 Å². The van der Waals surface area contributed by atoms with Gasteiger partial charge >= 0.3 is 0 Å². The first-order chi connectivity index (χ1) is 10.8. The Labute approximate surface area is 128 Å². The van der Waals surface area contributed by atoms with Crippen LogP contribution in [0.3, 0.4) is 0 Å². The molecule has 0 saturated carbocycles. The van der Waals surface area contributed by atoms with Gasteiger partial charge in [0.25, 0.3) is 11.8 Å². The lowest BCUT2D eigenvalue weighted by atomic mass is 10.1. The van der Waals surface area contributed by atoms with E-state index in [1.165, 1.54) is 5.56 Å². The second kappa shape index (κ2) is 6.26. The van der Waals surface area contributed by atoms with Crippen molar-refractivity contribution >= 4 is 11.8 Å². The number of hydrogen-bond acceptors (Lipinski definition) is 3. The summed E-state index contributed by atoms with van der Waals surface area (Å²) in [7, 11) is 0. The van der Waals surface area contributed by atoms with Crippen LogP contribution in [0.4, 0.5) is 0 Å². The predicted molar refractivity (Wildman–Crippen MR) is 83.0 cm³/mol. The van der Waals surface area contributed by atoms with Crippen molar-refractivity contribution in [2.24, 2.45) is 0 Å². The predicted octanol–water partition coefficient (Wildman–Crippen LogP) is 2.75. The van der Waals surface area contributed by atoms with Gasteiger partial charge in [0.2, 0.25) is 0 Å². The number of rotatable bonds is 5. The number of carbonyl (C=O) groups is 2. The molecule has 2 aromatic carbocycles. The monoisotopic (exact) mass is 293 g/mol. The number of fused-ring (bicyclic) bond motifs is 1. The quantitative estimate of drug-likeness (QED) is 0.681. The number of benzene rings is 2. The summed E-state index contributed by atoms with van der Waals surface area (Å²) in [6.07, 6.45) is 4.75. The van der Waals surface area contributed by atoms with Gasteiger partial charge in [-0.1, -0.05) is 48.6 Å². The van der Waals surface area contributed by atoms with E-state index in [1.54, 1.807) is 18.2 Å². The number of nitrogens with one attached hydrogen (secondary N) is 1. The summed E-state index contributed by atoms with van der Waals surface area (Å²) in [4.78, 5) is 23.3. The molecule has 2 aromatic rings. The number of amides is 2. The maximum Gasteiger partial charge on any atom is 0.262 e. The van der Waals surface area contributed by atoms with E-state index in [9.17, 15) is 9.59 Å². The van der Waals surface area contributed by atoms with Crippen LogP contribution in [0.25, 0.3) is 0 Å². The molecule has 0 aliphatic carbocycles. The lowest BCUT2D eigenvalue weighted by Gasteiger charge is -2.06. The summed E-state index contributed by atoms with van der Waals surface area (Å²) in [6.45, 7) is 0.352. The molecular formula is C18H15NO3. The van der Waals surface area contributed by atoms with Gasteiger partial charge in [-0.15, -0.1) is 0 Å². The molecule has 0 aromatic heterocycles. The Hall–Kier alpha value is -2.88. The second-order valence-corrected chi connectivity index (χ2v) is 4.93. The summed E-state index contributed by atoms with van der Waals surface area (Å²) >= 11 is 0. The molecule has 0 spiro atoms. The van der Waals surface area contributed by atoms with Crippen molar-refractivity contribution in [2.75, 3.05) is 6.61 Å². The average Bonchev–Trinajstić information content (AvgIpc) is 2.83. The Bertz CT molecular complexity index is 735. The maximum absolute atomic E-state index is 11.7. The van der Waals surface area contributed by atoms with Crippen LogP contribution in [-0.2, 0) is 6.42 Å². The number of allylic oxidation sites excluding steroid dienone is 1. The van der Waals surface area contributed by atoms with Crippen molar-refractivity contribution in [3.8, 4) is 5.75 Å². The number of ether oxygens (including phenoxy) is 1. The van der Waals surface area contributed by atoms with E-state index in [4.69, 9.17) is 4.74 Å². The number of imide groups is 1. The molecule has 4 nitrogen and oxygen atoms in total. The molecule has 0 bridgehead atoms. The molecule has 0 unspecified atom stereocenters. The summed E-state index contributed by atoms with van der Waals surface area (Å²) < 4.78 is 5.61. The lowest BCUT2D eigenvalue weighted by molar-refractivity contribution is 0.0879. The smallest absolute Gasteiger partial charge is 0.262 e. The third-order valence-corrected chi connectivity index (χ3v) is 3.42. The second-order valence-electron chi connectivity index (χ2n) is 4.93. The zero-order valence-electron chi connectivity index (χ0n) is 11.9. The van der Waals surface area contributed by atoms with E-state index >= 15 is 0 Å². The van der Waals surface area contributed by atoms with Crippen molar-refractivity contribution < 1.29 is 14.3 Å². The SMILES string of the molecule is O=C1NC(=O)c2c(OCC=CCc3ccccc3)cccc21. The molecule has 0 fully saturated rings. The number of carbonyl (C=O) groups excluding carboxylic acids is 2. The van der Waals surface area contributed by atoms with Gasteiger partial charge in [-0.05, 0) is 24.1 Å². The standard InChI is InChI=1S/C18H15NO3/c20-17-14-10-6-11-15(16(14)18(21)19-17)22-12-5-4-9-13-7-2-1-3-8-13/h1-8,10-11H,9,12H2,(H,19,20,21). The fourth-order valence-electron chi connectivity index (χ4n) is 2.35. The minimum absolute atomic E-state index is 0.323. The lowest BCUT2D eigenvalue weighted by Crippen LogP contribution is -2.20. The Morgan fingerprint density at radius 3 is 2.55 bits per heavy atom. The van der Waals surface area contributed by atoms with E-state index in [2.05, 4.69) is 17.4 Å². The molecule has 0 radical (unpaired) electrons. The van der Waals surface area contributed by atoms with Gasteiger partial charge in [0.15, 0.2) is 0 Å². The molecule has 1 N–H and O–H groups in total. The molecular weight excluding hydrogens is 278 g/mol. The summed E-state index contributed by atoms with van der Waals surface area (Å²) in [5.41, 5.74) is 1.92. The zero-order valence-corrected chi connectivity index (χ0v) is 11.9. The molecule has 110 valence electrons. The molecule has 4 heteroatoms. The third kappa shape index (κ3) is 2.91.